The number of nitrogens with zero attached hydrogens (tertiary/aromatic N) is 2. The van der Waals surface area contributed by atoms with Gasteiger partial charge in [0.25, 0.3) is 0 Å². The summed E-state index contributed by atoms with van der Waals surface area (Å²) in [7, 11) is 0. The molecule has 5 nitrogen and oxygen atoms in total. The van der Waals surface area contributed by atoms with Crippen molar-refractivity contribution in [3.63, 3.8) is 0 Å². The zero-order valence-corrected chi connectivity index (χ0v) is 14.5. The average Bonchev–Trinajstić information content (AvgIpc) is 3.16. The van der Waals surface area contributed by atoms with Crippen molar-refractivity contribution >= 4 is 0 Å². The second-order valence-electron chi connectivity index (χ2n) is 7.46. The SMILES string of the molecule is Cc1[nH]cnc1CN1CCC[C@](C)(Cc2ccc3c(c2)OCO3)C1. The molecule has 4 rings (SSSR count). The van der Waals surface area contributed by atoms with E-state index in [1.165, 1.54) is 29.8 Å². The minimum Gasteiger partial charge on any atom is -0.454 e. The lowest BCUT2D eigenvalue weighted by Crippen LogP contribution is -2.42. The van der Waals surface area contributed by atoms with Crippen molar-refractivity contribution < 1.29 is 9.47 Å². The summed E-state index contributed by atoms with van der Waals surface area (Å²) < 4.78 is 10.9. The first-order valence-corrected chi connectivity index (χ1v) is 8.71. The zero-order chi connectivity index (χ0) is 16.6. The van der Waals surface area contributed by atoms with E-state index in [0.717, 1.165) is 37.6 Å². The molecule has 0 spiro atoms. The minimum absolute atomic E-state index is 0.288. The summed E-state index contributed by atoms with van der Waals surface area (Å²) in [5, 5.41) is 0. The average molecular weight is 327 g/mol. The molecule has 0 unspecified atom stereocenters. The highest BCUT2D eigenvalue weighted by Crippen LogP contribution is 2.37. The lowest BCUT2D eigenvalue weighted by Gasteiger charge is -2.40. The van der Waals surface area contributed by atoms with Crippen molar-refractivity contribution in [2.45, 2.75) is 39.7 Å². The number of aryl methyl sites for hydroxylation is 1. The summed E-state index contributed by atoms with van der Waals surface area (Å²) in [5.74, 6) is 1.75. The molecule has 1 N–H and O–H groups in total. The third-order valence-corrected chi connectivity index (χ3v) is 5.24. The number of nitrogens with one attached hydrogen (secondary N) is 1. The topological polar surface area (TPSA) is 50.4 Å². The van der Waals surface area contributed by atoms with Gasteiger partial charge in [0.05, 0.1) is 12.0 Å². The van der Waals surface area contributed by atoms with Crippen LogP contribution in [0.25, 0.3) is 0 Å². The summed E-state index contributed by atoms with van der Waals surface area (Å²) >= 11 is 0. The number of H-pyrrole nitrogens is 1. The molecule has 5 heteroatoms. The highest BCUT2D eigenvalue weighted by Gasteiger charge is 2.32. The molecular weight excluding hydrogens is 302 g/mol. The molecule has 1 fully saturated rings. The smallest absolute Gasteiger partial charge is 0.231 e. The molecule has 1 atom stereocenters. The van der Waals surface area contributed by atoms with Crippen molar-refractivity contribution in [3.05, 3.63) is 41.5 Å². The Balaban J connectivity index is 1.45. The number of hydrogen-bond acceptors (Lipinski definition) is 4. The molecule has 0 saturated carbocycles. The van der Waals surface area contributed by atoms with E-state index in [1.807, 2.05) is 6.07 Å². The molecule has 0 aliphatic carbocycles. The van der Waals surface area contributed by atoms with Crippen LogP contribution in [0.2, 0.25) is 0 Å². The van der Waals surface area contributed by atoms with Crippen molar-refractivity contribution in [2.24, 2.45) is 5.41 Å². The number of aromatic nitrogens is 2. The maximum atomic E-state index is 5.52. The molecule has 0 bridgehead atoms. The Morgan fingerprint density at radius 2 is 2.17 bits per heavy atom. The minimum atomic E-state index is 0.288. The third-order valence-electron chi connectivity index (χ3n) is 5.24. The standard InChI is InChI=1S/C19H25N3O2/c1-14-16(21-12-20-14)10-22-7-3-6-19(2,11-22)9-15-4-5-17-18(8-15)24-13-23-17/h4-5,8,12H,3,6-7,9-11,13H2,1-2H3,(H,20,21)/t19-/m1/s1. The first-order chi connectivity index (χ1) is 11.6. The molecule has 1 aromatic heterocycles. The molecule has 128 valence electrons. The summed E-state index contributed by atoms with van der Waals surface area (Å²) in [5.41, 5.74) is 3.97. The normalized spacial score (nSPS) is 23.6. The van der Waals surface area contributed by atoms with Gasteiger partial charge in [0.15, 0.2) is 11.5 Å². The fourth-order valence-corrected chi connectivity index (χ4v) is 4.01. The summed E-state index contributed by atoms with van der Waals surface area (Å²) in [4.78, 5) is 10.2. The lowest BCUT2D eigenvalue weighted by atomic mass is 9.77. The number of ether oxygens (including phenoxy) is 2. The van der Waals surface area contributed by atoms with Crippen LogP contribution in [0, 0.1) is 12.3 Å². The van der Waals surface area contributed by atoms with Crippen LogP contribution in [-0.4, -0.2) is 34.8 Å². The van der Waals surface area contributed by atoms with Crippen LogP contribution in [0.1, 0.15) is 36.7 Å². The lowest BCUT2D eigenvalue weighted by molar-refractivity contribution is 0.0959. The van der Waals surface area contributed by atoms with Gasteiger partial charge in [-0.1, -0.05) is 13.0 Å². The molecule has 3 heterocycles. The largest absolute Gasteiger partial charge is 0.454 e. The Labute approximate surface area is 143 Å². The van der Waals surface area contributed by atoms with E-state index >= 15 is 0 Å². The van der Waals surface area contributed by atoms with E-state index in [2.05, 4.69) is 40.8 Å². The second-order valence-corrected chi connectivity index (χ2v) is 7.46. The Kier molecular flexibility index (Phi) is 3.96. The van der Waals surface area contributed by atoms with Crippen molar-refractivity contribution in [2.75, 3.05) is 19.9 Å². The summed E-state index contributed by atoms with van der Waals surface area (Å²) in [6, 6.07) is 6.36. The maximum Gasteiger partial charge on any atom is 0.231 e. The fraction of sp³-hybridized carbons (Fsp3) is 0.526. The molecule has 24 heavy (non-hydrogen) atoms. The third kappa shape index (κ3) is 3.13. The van der Waals surface area contributed by atoms with Crippen LogP contribution < -0.4 is 9.47 Å². The number of fused-ring (bicyclic) bond motifs is 1. The van der Waals surface area contributed by atoms with Crippen LogP contribution in [0.3, 0.4) is 0 Å². The Hall–Kier alpha value is -2.01. The summed E-state index contributed by atoms with van der Waals surface area (Å²) in [6.45, 7) is 8.04. The Morgan fingerprint density at radius 3 is 3.00 bits per heavy atom. The fourth-order valence-electron chi connectivity index (χ4n) is 4.01. The van der Waals surface area contributed by atoms with Crippen LogP contribution in [0.4, 0.5) is 0 Å². The first-order valence-electron chi connectivity index (χ1n) is 8.71. The molecule has 0 amide bonds. The summed E-state index contributed by atoms with van der Waals surface area (Å²) in [6.07, 6.45) is 5.36. The predicted octanol–water partition coefficient (Wildman–Crippen LogP) is 3.29. The zero-order valence-electron chi connectivity index (χ0n) is 14.5. The molecule has 0 radical (unpaired) electrons. The molecular formula is C19H25N3O2. The number of benzene rings is 1. The van der Waals surface area contributed by atoms with Gasteiger partial charge in [0.1, 0.15) is 0 Å². The van der Waals surface area contributed by atoms with Crippen LogP contribution in [-0.2, 0) is 13.0 Å². The molecule has 1 aromatic carbocycles. The highest BCUT2D eigenvalue weighted by atomic mass is 16.7. The quantitative estimate of drug-likeness (QED) is 0.936. The number of aromatic amines is 1. The predicted molar refractivity (Wildman–Crippen MR) is 92.2 cm³/mol. The van der Waals surface area contributed by atoms with Crippen LogP contribution in [0.5, 0.6) is 11.5 Å². The van der Waals surface area contributed by atoms with E-state index in [-0.39, 0.29) is 5.41 Å². The van der Waals surface area contributed by atoms with Gasteiger partial charge in [-0.2, -0.15) is 0 Å². The number of piperidine rings is 1. The van der Waals surface area contributed by atoms with E-state index in [4.69, 9.17) is 9.47 Å². The van der Waals surface area contributed by atoms with E-state index in [1.54, 1.807) is 6.33 Å². The second kappa shape index (κ2) is 6.13. The van der Waals surface area contributed by atoms with E-state index < -0.39 is 0 Å². The van der Waals surface area contributed by atoms with Crippen molar-refractivity contribution in [3.8, 4) is 11.5 Å². The maximum absolute atomic E-state index is 5.52. The number of rotatable bonds is 4. The number of imidazole rings is 1. The van der Waals surface area contributed by atoms with Gasteiger partial charge >= 0.3 is 0 Å². The van der Waals surface area contributed by atoms with Crippen molar-refractivity contribution in [1.29, 1.82) is 0 Å². The number of hydrogen-bond donors (Lipinski definition) is 1. The van der Waals surface area contributed by atoms with Gasteiger partial charge in [-0.15, -0.1) is 0 Å². The first kappa shape index (κ1) is 15.5. The number of likely N-dealkylation sites (tertiary alicyclic amines) is 1. The van der Waals surface area contributed by atoms with Gasteiger partial charge in [0, 0.05) is 18.8 Å². The molecule has 2 aromatic rings. The van der Waals surface area contributed by atoms with Crippen LogP contribution >= 0.6 is 0 Å². The van der Waals surface area contributed by atoms with E-state index in [9.17, 15) is 0 Å². The van der Waals surface area contributed by atoms with Gasteiger partial charge in [-0.3, -0.25) is 4.90 Å². The Bertz CT molecular complexity index is 727. The van der Waals surface area contributed by atoms with Gasteiger partial charge < -0.3 is 14.5 Å². The van der Waals surface area contributed by atoms with Gasteiger partial charge in [-0.25, -0.2) is 4.98 Å². The molecule has 2 aliphatic rings. The highest BCUT2D eigenvalue weighted by molar-refractivity contribution is 5.44. The van der Waals surface area contributed by atoms with Gasteiger partial charge in [0.2, 0.25) is 6.79 Å². The van der Waals surface area contributed by atoms with E-state index in [0.29, 0.717) is 6.79 Å². The monoisotopic (exact) mass is 327 g/mol. The molecule has 1 saturated heterocycles. The van der Waals surface area contributed by atoms with Crippen molar-refractivity contribution in [1.82, 2.24) is 14.9 Å². The van der Waals surface area contributed by atoms with Gasteiger partial charge in [-0.05, 0) is 55.8 Å². The molecule has 2 aliphatic heterocycles. The Morgan fingerprint density at radius 1 is 1.29 bits per heavy atom. The van der Waals surface area contributed by atoms with Crippen LogP contribution in [0.15, 0.2) is 24.5 Å².